The van der Waals surface area contributed by atoms with Gasteiger partial charge in [0.05, 0.1) is 24.0 Å². The average Bonchev–Trinajstić information content (AvgIpc) is 1.89. The van der Waals surface area contributed by atoms with Crippen LogP contribution in [0.25, 0.3) is 0 Å². The van der Waals surface area contributed by atoms with E-state index in [0.717, 1.165) is 4.47 Å². The van der Waals surface area contributed by atoms with E-state index in [2.05, 4.69) is 26.1 Å². The van der Waals surface area contributed by atoms with Crippen molar-refractivity contribution in [3.8, 4) is 5.75 Å². The SMILES string of the molecule is COc1cnncc1Br. The second kappa shape index (κ2) is 2.77. The highest BCUT2D eigenvalue weighted by Gasteiger charge is 1.95. The van der Waals surface area contributed by atoms with Crippen LogP contribution in [0.1, 0.15) is 0 Å². The van der Waals surface area contributed by atoms with Crippen LogP contribution in [0.4, 0.5) is 0 Å². The smallest absolute Gasteiger partial charge is 0.154 e. The van der Waals surface area contributed by atoms with Gasteiger partial charge in [-0.2, -0.15) is 10.2 Å². The maximum Gasteiger partial charge on any atom is 0.154 e. The molecule has 1 rings (SSSR count). The first-order chi connectivity index (χ1) is 4.34. The minimum atomic E-state index is 0.699. The Hall–Kier alpha value is -0.640. The van der Waals surface area contributed by atoms with Crippen molar-refractivity contribution in [2.24, 2.45) is 0 Å². The highest BCUT2D eigenvalue weighted by Crippen LogP contribution is 2.20. The fraction of sp³-hybridized carbons (Fsp3) is 0.200. The summed E-state index contributed by atoms with van der Waals surface area (Å²) in [7, 11) is 1.59. The zero-order valence-electron chi connectivity index (χ0n) is 4.84. The quantitative estimate of drug-likeness (QED) is 0.666. The molecule has 1 heterocycles. The van der Waals surface area contributed by atoms with Gasteiger partial charge >= 0.3 is 0 Å². The molecule has 0 aliphatic rings. The number of nitrogens with zero attached hydrogens (tertiary/aromatic N) is 2. The van der Waals surface area contributed by atoms with Gasteiger partial charge < -0.3 is 4.74 Å². The topological polar surface area (TPSA) is 35.0 Å². The molecule has 0 spiro atoms. The lowest BCUT2D eigenvalue weighted by Gasteiger charge is -1.97. The van der Waals surface area contributed by atoms with Crippen molar-refractivity contribution in [2.45, 2.75) is 0 Å². The van der Waals surface area contributed by atoms with Gasteiger partial charge in [-0.15, -0.1) is 0 Å². The molecule has 0 N–H and O–H groups in total. The summed E-state index contributed by atoms with van der Waals surface area (Å²) >= 11 is 3.23. The first kappa shape index (κ1) is 6.48. The van der Waals surface area contributed by atoms with Crippen molar-refractivity contribution in [3.63, 3.8) is 0 Å². The number of rotatable bonds is 1. The van der Waals surface area contributed by atoms with Crippen LogP contribution < -0.4 is 4.74 Å². The fourth-order valence-electron chi connectivity index (χ4n) is 0.445. The average molecular weight is 189 g/mol. The fourth-order valence-corrected chi connectivity index (χ4v) is 0.801. The molecule has 0 radical (unpaired) electrons. The van der Waals surface area contributed by atoms with Crippen molar-refractivity contribution in [1.82, 2.24) is 10.2 Å². The molecule has 1 aromatic rings. The van der Waals surface area contributed by atoms with E-state index >= 15 is 0 Å². The molecule has 0 saturated carbocycles. The first-order valence-electron chi connectivity index (χ1n) is 2.35. The summed E-state index contributed by atoms with van der Waals surface area (Å²) in [5, 5.41) is 7.23. The van der Waals surface area contributed by atoms with Gasteiger partial charge in [-0.05, 0) is 15.9 Å². The highest BCUT2D eigenvalue weighted by molar-refractivity contribution is 9.10. The van der Waals surface area contributed by atoms with Crippen LogP contribution in [0.3, 0.4) is 0 Å². The molecule has 48 valence electrons. The lowest BCUT2D eigenvalue weighted by Crippen LogP contribution is -1.86. The number of halogens is 1. The molecule has 0 aliphatic heterocycles. The number of hydrogen-bond donors (Lipinski definition) is 0. The number of methoxy groups -OCH3 is 1. The van der Waals surface area contributed by atoms with Crippen LogP contribution in [-0.2, 0) is 0 Å². The minimum absolute atomic E-state index is 0.699. The van der Waals surface area contributed by atoms with Crippen LogP contribution in [0.15, 0.2) is 16.9 Å². The third-order valence-electron chi connectivity index (χ3n) is 0.868. The Bertz CT molecular complexity index is 204. The summed E-state index contributed by atoms with van der Waals surface area (Å²) in [4.78, 5) is 0. The van der Waals surface area contributed by atoms with Crippen LogP contribution >= 0.6 is 15.9 Å². The van der Waals surface area contributed by atoms with Gasteiger partial charge in [-0.3, -0.25) is 0 Å². The largest absolute Gasteiger partial charge is 0.494 e. The highest BCUT2D eigenvalue weighted by atomic mass is 79.9. The van der Waals surface area contributed by atoms with Gasteiger partial charge in [0.1, 0.15) is 0 Å². The Balaban J connectivity index is 3.01. The van der Waals surface area contributed by atoms with Gasteiger partial charge in [0.25, 0.3) is 0 Å². The van der Waals surface area contributed by atoms with E-state index in [9.17, 15) is 0 Å². The summed E-state index contributed by atoms with van der Waals surface area (Å²) in [6, 6.07) is 0. The third kappa shape index (κ3) is 1.38. The van der Waals surface area contributed by atoms with Gasteiger partial charge in [0.15, 0.2) is 5.75 Å². The van der Waals surface area contributed by atoms with Gasteiger partial charge in [-0.25, -0.2) is 0 Å². The van der Waals surface area contributed by atoms with Crippen molar-refractivity contribution in [2.75, 3.05) is 7.11 Å². The predicted molar refractivity (Wildman–Crippen MR) is 36.3 cm³/mol. The Morgan fingerprint density at radius 3 is 2.56 bits per heavy atom. The Labute approximate surface area is 61.2 Å². The molecule has 0 aliphatic carbocycles. The molecule has 9 heavy (non-hydrogen) atoms. The van der Waals surface area contributed by atoms with E-state index in [1.165, 1.54) is 0 Å². The molecule has 1 aromatic heterocycles. The molecule has 0 atom stereocenters. The van der Waals surface area contributed by atoms with Crippen molar-refractivity contribution in [1.29, 1.82) is 0 Å². The van der Waals surface area contributed by atoms with E-state index in [1.807, 2.05) is 0 Å². The van der Waals surface area contributed by atoms with E-state index < -0.39 is 0 Å². The third-order valence-corrected chi connectivity index (χ3v) is 1.46. The van der Waals surface area contributed by atoms with E-state index in [4.69, 9.17) is 4.74 Å². The summed E-state index contributed by atoms with van der Waals surface area (Å²) in [6.45, 7) is 0. The Morgan fingerprint density at radius 1 is 1.44 bits per heavy atom. The molecular formula is C5H5BrN2O. The van der Waals surface area contributed by atoms with Gasteiger partial charge in [0.2, 0.25) is 0 Å². The number of hydrogen-bond acceptors (Lipinski definition) is 3. The second-order valence-corrected chi connectivity index (χ2v) is 2.26. The summed E-state index contributed by atoms with van der Waals surface area (Å²) in [5.41, 5.74) is 0. The number of ether oxygens (including phenoxy) is 1. The molecule has 0 amide bonds. The van der Waals surface area contributed by atoms with Crippen LogP contribution in [0, 0.1) is 0 Å². The predicted octanol–water partition coefficient (Wildman–Crippen LogP) is 1.25. The van der Waals surface area contributed by atoms with Crippen molar-refractivity contribution in [3.05, 3.63) is 16.9 Å². The van der Waals surface area contributed by atoms with Crippen LogP contribution in [-0.4, -0.2) is 17.3 Å². The Morgan fingerprint density at radius 2 is 2.11 bits per heavy atom. The zero-order valence-corrected chi connectivity index (χ0v) is 6.42. The van der Waals surface area contributed by atoms with Crippen LogP contribution in [0.2, 0.25) is 0 Å². The standard InChI is InChI=1S/C5H5BrN2O/c1-9-5-3-8-7-2-4(5)6/h2-3H,1H3. The molecule has 0 saturated heterocycles. The van der Waals surface area contributed by atoms with Crippen molar-refractivity contribution < 1.29 is 4.74 Å². The molecule has 0 aromatic carbocycles. The molecule has 0 bridgehead atoms. The number of aromatic nitrogens is 2. The monoisotopic (exact) mass is 188 g/mol. The summed E-state index contributed by atoms with van der Waals surface area (Å²) < 4.78 is 5.72. The Kier molecular flexibility index (Phi) is 2.00. The van der Waals surface area contributed by atoms with Gasteiger partial charge in [0, 0.05) is 0 Å². The first-order valence-corrected chi connectivity index (χ1v) is 3.14. The van der Waals surface area contributed by atoms with E-state index in [-0.39, 0.29) is 0 Å². The second-order valence-electron chi connectivity index (χ2n) is 1.41. The maximum absolute atomic E-state index is 4.90. The normalized spacial score (nSPS) is 9.11. The summed E-state index contributed by atoms with van der Waals surface area (Å²) in [6.07, 6.45) is 3.13. The summed E-state index contributed by atoms with van der Waals surface area (Å²) in [5.74, 6) is 0.699. The van der Waals surface area contributed by atoms with E-state index in [1.54, 1.807) is 19.5 Å². The van der Waals surface area contributed by atoms with Crippen LogP contribution in [0.5, 0.6) is 5.75 Å². The lowest BCUT2D eigenvalue weighted by atomic mass is 10.5. The lowest BCUT2D eigenvalue weighted by molar-refractivity contribution is 0.408. The molecule has 0 fully saturated rings. The molecule has 3 nitrogen and oxygen atoms in total. The maximum atomic E-state index is 4.90. The minimum Gasteiger partial charge on any atom is -0.494 e. The molecule has 4 heteroatoms. The molecule has 0 unspecified atom stereocenters. The van der Waals surface area contributed by atoms with Crippen molar-refractivity contribution >= 4 is 15.9 Å². The molecular weight excluding hydrogens is 184 g/mol. The zero-order chi connectivity index (χ0) is 6.69. The van der Waals surface area contributed by atoms with Gasteiger partial charge in [-0.1, -0.05) is 0 Å². The van der Waals surface area contributed by atoms with E-state index in [0.29, 0.717) is 5.75 Å².